The quantitative estimate of drug-likeness (QED) is 0.630. The minimum absolute atomic E-state index is 0.0243. The summed E-state index contributed by atoms with van der Waals surface area (Å²) in [5.74, 6) is 0.127. The van der Waals surface area contributed by atoms with Gasteiger partial charge in [0.05, 0.1) is 7.11 Å². The third kappa shape index (κ3) is 0.689. The van der Waals surface area contributed by atoms with Crippen LogP contribution in [0.4, 0.5) is 0 Å². The van der Waals surface area contributed by atoms with Crippen LogP contribution in [0.2, 0.25) is 0 Å². The van der Waals surface area contributed by atoms with Gasteiger partial charge in [-0.05, 0) is 12.1 Å². The Morgan fingerprint density at radius 3 is 2.83 bits per heavy atom. The molecule has 1 N–H and O–H groups in total. The number of benzene rings is 1. The van der Waals surface area contributed by atoms with E-state index in [0.29, 0.717) is 11.3 Å². The first-order chi connectivity index (χ1) is 5.74. The Morgan fingerprint density at radius 1 is 1.50 bits per heavy atom. The number of carbonyl (C=O) groups excluding carboxylic acids is 1. The minimum Gasteiger partial charge on any atom is -0.504 e. The van der Waals surface area contributed by atoms with E-state index in [1.807, 2.05) is 0 Å². The summed E-state index contributed by atoms with van der Waals surface area (Å²) >= 11 is 0. The highest BCUT2D eigenvalue weighted by Crippen LogP contribution is 2.44. The molecule has 0 fully saturated rings. The van der Waals surface area contributed by atoms with Crippen molar-refractivity contribution in [3.8, 4) is 17.2 Å². The number of phenolic OH excluding ortho intramolecular Hbond substituents is 1. The molecular formula is C8H6O4. The molecular weight excluding hydrogens is 160 g/mol. The third-order valence-electron chi connectivity index (χ3n) is 1.71. The zero-order valence-corrected chi connectivity index (χ0v) is 6.33. The Labute approximate surface area is 68.3 Å². The molecule has 0 aliphatic carbocycles. The average Bonchev–Trinajstić information content (AvgIpc) is 2.03. The van der Waals surface area contributed by atoms with E-state index < -0.39 is 0 Å². The number of esters is 1. The van der Waals surface area contributed by atoms with Crippen molar-refractivity contribution < 1.29 is 19.4 Å². The summed E-state index contributed by atoms with van der Waals surface area (Å²) in [6, 6.07) is 2.90. The number of carbonyl (C=O) groups is 1. The van der Waals surface area contributed by atoms with Crippen molar-refractivity contribution in [2.45, 2.75) is 0 Å². The van der Waals surface area contributed by atoms with E-state index in [1.54, 1.807) is 0 Å². The lowest BCUT2D eigenvalue weighted by molar-refractivity contribution is 0.0649. The van der Waals surface area contributed by atoms with Gasteiger partial charge in [-0.3, -0.25) is 0 Å². The second-order valence-electron chi connectivity index (χ2n) is 2.38. The zero-order chi connectivity index (χ0) is 8.72. The minimum atomic E-state index is -0.386. The molecule has 1 heterocycles. The summed E-state index contributed by atoms with van der Waals surface area (Å²) in [5.41, 5.74) is 0.449. The summed E-state index contributed by atoms with van der Waals surface area (Å²) in [4.78, 5) is 10.7. The number of fused-ring (bicyclic) bond motifs is 1. The number of methoxy groups -OCH3 is 1. The van der Waals surface area contributed by atoms with Gasteiger partial charge >= 0.3 is 5.97 Å². The Hall–Kier alpha value is -1.71. The molecule has 1 aromatic carbocycles. The molecule has 62 valence electrons. The van der Waals surface area contributed by atoms with Crippen molar-refractivity contribution in [1.82, 2.24) is 0 Å². The van der Waals surface area contributed by atoms with Crippen molar-refractivity contribution in [2.24, 2.45) is 0 Å². The highest BCUT2D eigenvalue weighted by Gasteiger charge is 2.31. The lowest BCUT2D eigenvalue weighted by Crippen LogP contribution is -2.21. The molecule has 4 nitrogen and oxygen atoms in total. The van der Waals surface area contributed by atoms with Crippen molar-refractivity contribution in [3.63, 3.8) is 0 Å². The van der Waals surface area contributed by atoms with Crippen molar-refractivity contribution in [3.05, 3.63) is 17.7 Å². The lowest BCUT2D eigenvalue weighted by Gasteiger charge is -2.20. The van der Waals surface area contributed by atoms with E-state index in [2.05, 4.69) is 4.74 Å². The molecule has 0 aromatic heterocycles. The molecule has 12 heavy (non-hydrogen) atoms. The van der Waals surface area contributed by atoms with E-state index in [-0.39, 0.29) is 17.5 Å². The monoisotopic (exact) mass is 166 g/mol. The Morgan fingerprint density at radius 2 is 2.25 bits per heavy atom. The number of hydrogen-bond donors (Lipinski definition) is 1. The van der Waals surface area contributed by atoms with Gasteiger partial charge in [-0.15, -0.1) is 0 Å². The highest BCUT2D eigenvalue weighted by molar-refractivity contribution is 6.03. The fourth-order valence-electron chi connectivity index (χ4n) is 1.11. The molecule has 1 aliphatic heterocycles. The first-order valence-electron chi connectivity index (χ1n) is 3.36. The van der Waals surface area contributed by atoms with Crippen LogP contribution in [-0.4, -0.2) is 18.2 Å². The summed E-state index contributed by atoms with van der Waals surface area (Å²) in [7, 11) is 1.40. The summed E-state index contributed by atoms with van der Waals surface area (Å²) in [6.07, 6.45) is 0. The Bertz CT molecular complexity index is 356. The molecule has 1 aliphatic rings. The van der Waals surface area contributed by atoms with E-state index in [1.165, 1.54) is 19.2 Å². The van der Waals surface area contributed by atoms with Gasteiger partial charge in [0.15, 0.2) is 11.5 Å². The van der Waals surface area contributed by atoms with Gasteiger partial charge < -0.3 is 14.6 Å². The largest absolute Gasteiger partial charge is 0.504 e. The highest BCUT2D eigenvalue weighted by atomic mass is 16.6. The third-order valence-corrected chi connectivity index (χ3v) is 1.71. The van der Waals surface area contributed by atoms with Crippen LogP contribution in [0.1, 0.15) is 10.4 Å². The smallest absolute Gasteiger partial charge is 0.347 e. The maximum absolute atomic E-state index is 10.7. The van der Waals surface area contributed by atoms with Crippen LogP contribution < -0.4 is 9.47 Å². The van der Waals surface area contributed by atoms with Crippen LogP contribution >= 0.6 is 0 Å². The molecule has 0 radical (unpaired) electrons. The molecule has 0 saturated heterocycles. The van der Waals surface area contributed by atoms with Gasteiger partial charge in [0.1, 0.15) is 5.56 Å². The molecule has 0 saturated carbocycles. The van der Waals surface area contributed by atoms with E-state index in [9.17, 15) is 9.90 Å². The normalized spacial score (nSPS) is 12.9. The second kappa shape index (κ2) is 2.14. The first kappa shape index (κ1) is 6.97. The second-order valence-corrected chi connectivity index (χ2v) is 2.38. The van der Waals surface area contributed by atoms with Crippen molar-refractivity contribution in [1.29, 1.82) is 0 Å². The summed E-state index contributed by atoms with van der Waals surface area (Å²) in [6.45, 7) is 0. The molecule has 0 bridgehead atoms. The first-order valence-corrected chi connectivity index (χ1v) is 3.36. The van der Waals surface area contributed by atoms with Crippen LogP contribution in [0, 0.1) is 0 Å². The van der Waals surface area contributed by atoms with Crippen molar-refractivity contribution in [2.75, 3.05) is 7.11 Å². The number of rotatable bonds is 1. The Balaban J connectivity index is 2.61. The van der Waals surface area contributed by atoms with Crippen molar-refractivity contribution >= 4 is 5.97 Å². The molecule has 0 atom stereocenters. The van der Waals surface area contributed by atoms with Crippen LogP contribution in [0.3, 0.4) is 0 Å². The SMILES string of the molecule is COc1c(O)ccc2c1OC2=O. The standard InChI is InChI=1S/C8H6O4/c1-11-7-5(9)3-2-4-6(7)12-8(4)10/h2-3,9H,1H3. The maximum Gasteiger partial charge on any atom is 0.347 e. The zero-order valence-electron chi connectivity index (χ0n) is 6.33. The topological polar surface area (TPSA) is 55.8 Å². The van der Waals surface area contributed by atoms with Gasteiger partial charge in [0.2, 0.25) is 5.75 Å². The average molecular weight is 166 g/mol. The summed E-state index contributed by atoms with van der Waals surface area (Å²) < 4.78 is 9.49. The van der Waals surface area contributed by atoms with Crippen LogP contribution in [-0.2, 0) is 0 Å². The maximum atomic E-state index is 10.7. The molecule has 1 aromatic rings. The molecule has 0 unspecified atom stereocenters. The Kier molecular flexibility index (Phi) is 1.24. The fraction of sp³-hybridized carbons (Fsp3) is 0.125. The molecule has 4 heteroatoms. The van der Waals surface area contributed by atoms with E-state index in [4.69, 9.17) is 4.74 Å². The lowest BCUT2D eigenvalue weighted by atomic mass is 10.1. The molecule has 0 amide bonds. The van der Waals surface area contributed by atoms with E-state index in [0.717, 1.165) is 0 Å². The van der Waals surface area contributed by atoms with Crippen LogP contribution in [0.15, 0.2) is 12.1 Å². The van der Waals surface area contributed by atoms with Gasteiger partial charge in [0, 0.05) is 0 Å². The predicted octanol–water partition coefficient (Wildman–Crippen LogP) is 0.933. The van der Waals surface area contributed by atoms with Gasteiger partial charge in [-0.1, -0.05) is 0 Å². The summed E-state index contributed by atoms with van der Waals surface area (Å²) in [5, 5.41) is 9.22. The van der Waals surface area contributed by atoms with Gasteiger partial charge in [-0.2, -0.15) is 0 Å². The van der Waals surface area contributed by atoms with Gasteiger partial charge in [0.25, 0.3) is 0 Å². The number of ether oxygens (including phenoxy) is 2. The van der Waals surface area contributed by atoms with Crippen LogP contribution in [0.25, 0.3) is 0 Å². The predicted molar refractivity (Wildman–Crippen MR) is 39.6 cm³/mol. The molecule has 2 rings (SSSR count). The van der Waals surface area contributed by atoms with E-state index >= 15 is 0 Å². The van der Waals surface area contributed by atoms with Gasteiger partial charge in [-0.25, -0.2) is 4.79 Å². The number of aromatic hydroxyl groups is 1. The number of hydrogen-bond acceptors (Lipinski definition) is 4. The molecule has 0 spiro atoms. The number of phenols is 1. The fourth-order valence-corrected chi connectivity index (χ4v) is 1.11. The van der Waals surface area contributed by atoms with Crippen LogP contribution in [0.5, 0.6) is 17.2 Å².